The van der Waals surface area contributed by atoms with Crippen molar-refractivity contribution in [2.75, 3.05) is 13.7 Å². The van der Waals surface area contributed by atoms with Crippen LogP contribution < -0.4 is 4.72 Å². The van der Waals surface area contributed by atoms with Crippen LogP contribution in [0.15, 0.2) is 16.3 Å². The molecule has 1 aromatic rings. The number of rotatable bonds is 6. The van der Waals surface area contributed by atoms with Crippen LogP contribution in [0.2, 0.25) is 0 Å². The molecule has 8 nitrogen and oxygen atoms in total. The Kier molecular flexibility index (Phi) is 5.00. The minimum absolute atomic E-state index is 0.169. The van der Waals surface area contributed by atoms with Crippen LogP contribution in [-0.4, -0.2) is 50.3 Å². The number of ether oxygens (including phenoxy) is 1. The molecule has 0 aromatic carbocycles. The number of carbonyl (C=O) groups is 2. The number of carboxylic acids is 1. The molecule has 0 aliphatic heterocycles. The van der Waals surface area contributed by atoms with E-state index < -0.39 is 34.6 Å². The van der Waals surface area contributed by atoms with Crippen LogP contribution in [0.4, 0.5) is 0 Å². The number of methoxy groups -OCH3 is 1. The molecule has 0 bridgehead atoms. The zero-order valence-corrected chi connectivity index (χ0v) is 11.3. The summed E-state index contributed by atoms with van der Waals surface area (Å²) in [6.45, 7) is -0.910. The summed E-state index contributed by atoms with van der Waals surface area (Å²) in [5.41, 5.74) is 0. The van der Waals surface area contributed by atoms with Crippen molar-refractivity contribution in [2.24, 2.45) is 0 Å². The number of thiophene rings is 1. The molecule has 0 amide bonds. The van der Waals surface area contributed by atoms with Gasteiger partial charge in [0.1, 0.15) is 15.8 Å². The fourth-order valence-electron chi connectivity index (χ4n) is 1.17. The molecule has 1 rings (SSSR count). The molecule has 0 fully saturated rings. The van der Waals surface area contributed by atoms with Gasteiger partial charge in [0.2, 0.25) is 10.0 Å². The number of carbonyl (C=O) groups excluding carboxylic acids is 1. The lowest BCUT2D eigenvalue weighted by molar-refractivity contribution is -0.139. The molecule has 0 saturated carbocycles. The number of hydrogen-bond donors (Lipinski definition) is 3. The Morgan fingerprint density at radius 2 is 2.16 bits per heavy atom. The van der Waals surface area contributed by atoms with Crippen LogP contribution >= 0.6 is 11.3 Å². The molecule has 3 N–H and O–H groups in total. The highest BCUT2D eigenvalue weighted by molar-refractivity contribution is 7.89. The predicted octanol–water partition coefficient (Wildman–Crippen LogP) is -0.742. The summed E-state index contributed by atoms with van der Waals surface area (Å²) in [4.78, 5) is 21.5. The van der Waals surface area contributed by atoms with Gasteiger partial charge in [0.05, 0.1) is 13.7 Å². The first kappa shape index (κ1) is 15.6. The summed E-state index contributed by atoms with van der Waals surface area (Å²) in [7, 11) is -3.14. The van der Waals surface area contributed by atoms with Crippen molar-refractivity contribution >= 4 is 33.3 Å². The van der Waals surface area contributed by atoms with Crippen LogP contribution in [-0.2, 0) is 19.6 Å². The first-order chi connectivity index (χ1) is 8.83. The van der Waals surface area contributed by atoms with Crippen molar-refractivity contribution in [3.05, 3.63) is 16.3 Å². The van der Waals surface area contributed by atoms with Crippen LogP contribution in [0.1, 0.15) is 9.67 Å². The van der Waals surface area contributed by atoms with E-state index in [0.29, 0.717) is 0 Å². The number of hydrogen-bond acceptors (Lipinski definition) is 7. The van der Waals surface area contributed by atoms with Gasteiger partial charge in [0.15, 0.2) is 0 Å². The average molecular weight is 309 g/mol. The average Bonchev–Trinajstić information content (AvgIpc) is 2.84. The Labute approximate surface area is 112 Å². The molecule has 106 valence electrons. The maximum absolute atomic E-state index is 11.9. The third-order valence-corrected chi connectivity index (χ3v) is 4.61. The second kappa shape index (κ2) is 6.10. The van der Waals surface area contributed by atoms with Gasteiger partial charge in [-0.2, -0.15) is 4.72 Å². The summed E-state index contributed by atoms with van der Waals surface area (Å²) in [5, 5.41) is 18.8. The van der Waals surface area contributed by atoms with Crippen LogP contribution in [0.25, 0.3) is 0 Å². The zero-order chi connectivity index (χ0) is 14.6. The summed E-state index contributed by atoms with van der Waals surface area (Å²) < 4.78 is 30.1. The highest BCUT2D eigenvalue weighted by Crippen LogP contribution is 2.22. The van der Waals surface area contributed by atoms with Gasteiger partial charge in [-0.05, 0) is 11.4 Å². The number of esters is 1. The van der Waals surface area contributed by atoms with Gasteiger partial charge in [-0.1, -0.05) is 0 Å². The lowest BCUT2D eigenvalue weighted by Crippen LogP contribution is -2.43. The number of carboxylic acid groups (broad SMARTS) is 1. The monoisotopic (exact) mass is 309 g/mol. The Morgan fingerprint density at radius 3 is 2.63 bits per heavy atom. The molecule has 0 aliphatic rings. The molecule has 1 heterocycles. The Hall–Kier alpha value is -1.49. The third-order valence-electron chi connectivity index (χ3n) is 2.07. The quantitative estimate of drug-likeness (QED) is 0.590. The van der Waals surface area contributed by atoms with E-state index >= 15 is 0 Å². The number of aliphatic hydroxyl groups is 1. The van der Waals surface area contributed by atoms with E-state index in [1.807, 2.05) is 0 Å². The van der Waals surface area contributed by atoms with Gasteiger partial charge in [-0.3, -0.25) is 4.79 Å². The minimum Gasteiger partial charge on any atom is -0.480 e. The lowest BCUT2D eigenvalue weighted by Gasteiger charge is -2.12. The van der Waals surface area contributed by atoms with Crippen LogP contribution in [0.5, 0.6) is 0 Å². The molecule has 1 unspecified atom stereocenters. The molecule has 19 heavy (non-hydrogen) atoms. The van der Waals surface area contributed by atoms with Crippen molar-refractivity contribution in [3.8, 4) is 0 Å². The van der Waals surface area contributed by atoms with E-state index in [1.54, 1.807) is 4.72 Å². The number of sulfonamides is 1. The van der Waals surface area contributed by atoms with E-state index in [2.05, 4.69) is 4.74 Å². The maximum Gasteiger partial charge on any atom is 0.349 e. The van der Waals surface area contributed by atoms with Gasteiger partial charge >= 0.3 is 11.9 Å². The Bertz CT molecular complexity index is 577. The van der Waals surface area contributed by atoms with Crippen molar-refractivity contribution in [2.45, 2.75) is 10.9 Å². The highest BCUT2D eigenvalue weighted by atomic mass is 32.2. The molecular formula is C9H11NO7S2. The maximum atomic E-state index is 11.9. The molecule has 10 heteroatoms. The van der Waals surface area contributed by atoms with E-state index in [1.165, 1.54) is 5.38 Å². The molecule has 1 aromatic heterocycles. The summed E-state index contributed by atoms with van der Waals surface area (Å²) >= 11 is 0.849. The zero-order valence-electron chi connectivity index (χ0n) is 9.69. The third kappa shape index (κ3) is 3.50. The fourth-order valence-corrected chi connectivity index (χ4v) is 3.68. The van der Waals surface area contributed by atoms with E-state index in [0.717, 1.165) is 24.5 Å². The molecule has 0 radical (unpaired) electrons. The van der Waals surface area contributed by atoms with E-state index in [4.69, 9.17) is 10.2 Å². The molecule has 0 spiro atoms. The van der Waals surface area contributed by atoms with Crippen LogP contribution in [0, 0.1) is 0 Å². The molecule has 0 saturated heterocycles. The van der Waals surface area contributed by atoms with Gasteiger partial charge in [-0.15, -0.1) is 11.3 Å². The van der Waals surface area contributed by atoms with Crippen molar-refractivity contribution in [1.82, 2.24) is 4.72 Å². The second-order valence-electron chi connectivity index (χ2n) is 3.30. The van der Waals surface area contributed by atoms with Gasteiger partial charge in [-0.25, -0.2) is 13.2 Å². The topological polar surface area (TPSA) is 130 Å². The van der Waals surface area contributed by atoms with Crippen molar-refractivity contribution in [1.29, 1.82) is 0 Å². The predicted molar refractivity (Wildman–Crippen MR) is 64.5 cm³/mol. The Balaban J connectivity index is 3.11. The standard InChI is InChI=1S/C9H11NO7S2/c1-17-9(14)7-6(2-3-18-7)19(15,16)10-5(4-11)8(12)13/h2-3,5,10-11H,4H2,1H3,(H,12,13). The highest BCUT2D eigenvalue weighted by Gasteiger charge is 2.29. The largest absolute Gasteiger partial charge is 0.480 e. The lowest BCUT2D eigenvalue weighted by atomic mass is 10.3. The number of aliphatic hydroxyl groups excluding tert-OH is 1. The summed E-state index contributed by atoms with van der Waals surface area (Å²) in [6.07, 6.45) is 0. The first-order valence-corrected chi connectivity index (χ1v) is 7.21. The van der Waals surface area contributed by atoms with E-state index in [9.17, 15) is 18.0 Å². The second-order valence-corrected chi connectivity index (χ2v) is 5.90. The van der Waals surface area contributed by atoms with Crippen molar-refractivity contribution in [3.63, 3.8) is 0 Å². The normalized spacial score (nSPS) is 12.9. The summed E-state index contributed by atoms with van der Waals surface area (Å²) in [6, 6.07) is -0.536. The fraction of sp³-hybridized carbons (Fsp3) is 0.333. The summed E-state index contributed by atoms with van der Waals surface area (Å²) in [5.74, 6) is -2.37. The van der Waals surface area contributed by atoms with Gasteiger partial charge in [0, 0.05) is 0 Å². The number of nitrogens with one attached hydrogen (secondary N) is 1. The van der Waals surface area contributed by atoms with Crippen molar-refractivity contribution < 1.29 is 33.0 Å². The number of aliphatic carboxylic acids is 1. The molecule has 1 atom stereocenters. The van der Waals surface area contributed by atoms with E-state index in [-0.39, 0.29) is 9.77 Å². The molecular weight excluding hydrogens is 298 g/mol. The smallest absolute Gasteiger partial charge is 0.349 e. The molecule has 0 aliphatic carbocycles. The minimum atomic E-state index is -4.24. The van der Waals surface area contributed by atoms with Gasteiger partial charge < -0.3 is 14.9 Å². The first-order valence-electron chi connectivity index (χ1n) is 4.85. The van der Waals surface area contributed by atoms with Gasteiger partial charge in [0.25, 0.3) is 0 Å². The SMILES string of the molecule is COC(=O)c1sccc1S(=O)(=O)NC(CO)C(=O)O. The Morgan fingerprint density at radius 1 is 1.53 bits per heavy atom. The van der Waals surface area contributed by atoms with Crippen LogP contribution in [0.3, 0.4) is 0 Å².